The van der Waals surface area contributed by atoms with Gasteiger partial charge in [-0.2, -0.15) is 0 Å². The van der Waals surface area contributed by atoms with Gasteiger partial charge in [-0.25, -0.2) is 0 Å². The molecule has 0 spiro atoms. The molecule has 1 amide bonds. The standard InChI is InChI=1S/C14H18BrN3O/c1-9(10-7-16-8-10)14(19)17-12-6-11(15)4-5-13(12)18(2)3/h4-6,16H,7-8H2,1-3H3,(H,17,19). The maximum absolute atomic E-state index is 12.2. The van der Waals surface area contributed by atoms with Crippen molar-refractivity contribution in [2.24, 2.45) is 0 Å². The van der Waals surface area contributed by atoms with Crippen LogP contribution in [0.15, 0.2) is 33.8 Å². The fourth-order valence-corrected chi connectivity index (χ4v) is 2.25. The summed E-state index contributed by atoms with van der Waals surface area (Å²) in [6.07, 6.45) is 0. The quantitative estimate of drug-likeness (QED) is 0.839. The number of anilines is 2. The number of amides is 1. The molecule has 0 unspecified atom stereocenters. The fraction of sp³-hybridized carbons (Fsp3) is 0.357. The monoisotopic (exact) mass is 323 g/mol. The summed E-state index contributed by atoms with van der Waals surface area (Å²) in [7, 11) is 3.92. The second-order valence-electron chi connectivity index (χ2n) is 4.84. The van der Waals surface area contributed by atoms with Crippen LogP contribution in [-0.4, -0.2) is 33.1 Å². The number of benzene rings is 1. The molecule has 1 aromatic rings. The summed E-state index contributed by atoms with van der Waals surface area (Å²) >= 11 is 3.43. The average molecular weight is 324 g/mol. The van der Waals surface area contributed by atoms with Gasteiger partial charge in [-0.1, -0.05) is 15.9 Å². The van der Waals surface area contributed by atoms with E-state index in [9.17, 15) is 4.79 Å². The van der Waals surface area contributed by atoms with Gasteiger partial charge in [0.2, 0.25) is 0 Å². The Bertz CT molecular complexity index is 531. The Hall–Kier alpha value is -1.33. The van der Waals surface area contributed by atoms with Crippen molar-refractivity contribution in [2.75, 3.05) is 37.4 Å². The highest BCUT2D eigenvalue weighted by Gasteiger charge is 2.17. The molecule has 0 aliphatic carbocycles. The smallest absolute Gasteiger partial charge is 0.251 e. The molecular weight excluding hydrogens is 306 g/mol. The zero-order chi connectivity index (χ0) is 14.0. The predicted octanol–water partition coefficient (Wildman–Crippen LogP) is 2.37. The first-order valence-electron chi connectivity index (χ1n) is 6.16. The molecule has 5 heteroatoms. The van der Waals surface area contributed by atoms with Gasteiger partial charge < -0.3 is 15.5 Å². The van der Waals surface area contributed by atoms with E-state index >= 15 is 0 Å². The van der Waals surface area contributed by atoms with Crippen molar-refractivity contribution in [2.45, 2.75) is 6.92 Å². The minimum absolute atomic E-state index is 0.0299. The van der Waals surface area contributed by atoms with E-state index in [0.29, 0.717) is 0 Å². The van der Waals surface area contributed by atoms with E-state index in [-0.39, 0.29) is 5.91 Å². The van der Waals surface area contributed by atoms with Gasteiger partial charge in [-0.3, -0.25) is 4.79 Å². The van der Waals surface area contributed by atoms with Crippen LogP contribution in [0.3, 0.4) is 0 Å². The highest BCUT2D eigenvalue weighted by atomic mass is 79.9. The van der Waals surface area contributed by atoms with Crippen molar-refractivity contribution >= 4 is 33.2 Å². The maximum atomic E-state index is 12.2. The second kappa shape index (κ2) is 5.75. The van der Waals surface area contributed by atoms with Crippen LogP contribution in [0.1, 0.15) is 6.92 Å². The van der Waals surface area contributed by atoms with E-state index in [0.717, 1.165) is 34.5 Å². The van der Waals surface area contributed by atoms with Crippen LogP contribution in [0.2, 0.25) is 0 Å². The molecule has 102 valence electrons. The summed E-state index contributed by atoms with van der Waals surface area (Å²) in [5, 5.41) is 6.13. The van der Waals surface area contributed by atoms with Crippen LogP contribution in [0.25, 0.3) is 0 Å². The molecular formula is C14H18BrN3O. The van der Waals surface area contributed by atoms with Gasteiger partial charge in [0.05, 0.1) is 11.4 Å². The Morgan fingerprint density at radius 1 is 1.37 bits per heavy atom. The number of nitrogens with one attached hydrogen (secondary N) is 2. The van der Waals surface area contributed by atoms with Crippen molar-refractivity contribution in [3.05, 3.63) is 33.8 Å². The molecule has 19 heavy (non-hydrogen) atoms. The third kappa shape index (κ3) is 3.16. The first-order valence-corrected chi connectivity index (χ1v) is 6.96. The van der Waals surface area contributed by atoms with Gasteiger partial charge in [0.15, 0.2) is 0 Å². The number of rotatable bonds is 3. The van der Waals surface area contributed by atoms with Crippen molar-refractivity contribution < 1.29 is 4.79 Å². The first-order chi connectivity index (χ1) is 8.99. The van der Waals surface area contributed by atoms with Gasteiger partial charge in [0.25, 0.3) is 5.91 Å². The zero-order valence-corrected chi connectivity index (χ0v) is 13.0. The Labute approximate surface area is 122 Å². The van der Waals surface area contributed by atoms with Crippen LogP contribution >= 0.6 is 15.9 Å². The highest BCUT2D eigenvalue weighted by molar-refractivity contribution is 9.10. The normalized spacial score (nSPS) is 13.8. The summed E-state index contributed by atoms with van der Waals surface area (Å²) in [4.78, 5) is 14.2. The molecule has 2 rings (SSSR count). The summed E-state index contributed by atoms with van der Waals surface area (Å²) in [5.74, 6) is -0.0299. The lowest BCUT2D eigenvalue weighted by atomic mass is 10.0. The largest absolute Gasteiger partial charge is 0.376 e. The van der Waals surface area contributed by atoms with Crippen LogP contribution in [0, 0.1) is 0 Å². The van der Waals surface area contributed by atoms with E-state index < -0.39 is 0 Å². The Balaban J connectivity index is 2.23. The second-order valence-corrected chi connectivity index (χ2v) is 5.76. The Morgan fingerprint density at radius 3 is 2.58 bits per heavy atom. The van der Waals surface area contributed by atoms with Crippen molar-refractivity contribution in [1.82, 2.24) is 5.32 Å². The van der Waals surface area contributed by atoms with E-state index in [1.54, 1.807) is 0 Å². The summed E-state index contributed by atoms with van der Waals surface area (Å²) < 4.78 is 0.948. The maximum Gasteiger partial charge on any atom is 0.251 e. The van der Waals surface area contributed by atoms with Gasteiger partial charge >= 0.3 is 0 Å². The molecule has 1 fully saturated rings. The number of hydrogen-bond acceptors (Lipinski definition) is 3. The molecule has 4 nitrogen and oxygen atoms in total. The predicted molar refractivity (Wildman–Crippen MR) is 82.7 cm³/mol. The van der Waals surface area contributed by atoms with Crippen molar-refractivity contribution in [1.29, 1.82) is 0 Å². The summed E-state index contributed by atoms with van der Waals surface area (Å²) in [6, 6.07) is 5.86. The number of halogens is 1. The van der Waals surface area contributed by atoms with E-state index in [4.69, 9.17) is 0 Å². The molecule has 1 saturated heterocycles. The van der Waals surface area contributed by atoms with E-state index in [2.05, 4.69) is 26.6 Å². The van der Waals surface area contributed by atoms with E-state index in [1.807, 2.05) is 44.1 Å². The average Bonchev–Trinajstić information content (AvgIpc) is 2.26. The molecule has 1 aliphatic heterocycles. The molecule has 0 radical (unpaired) electrons. The molecule has 0 bridgehead atoms. The van der Waals surface area contributed by atoms with Crippen LogP contribution in [0.5, 0.6) is 0 Å². The highest BCUT2D eigenvalue weighted by Crippen LogP contribution is 2.28. The van der Waals surface area contributed by atoms with Gasteiger partial charge in [-0.05, 0) is 30.7 Å². The Kier molecular flexibility index (Phi) is 4.27. The van der Waals surface area contributed by atoms with Crippen LogP contribution < -0.4 is 15.5 Å². The third-order valence-electron chi connectivity index (χ3n) is 3.24. The SMILES string of the molecule is CC(C(=O)Nc1cc(Br)ccc1N(C)C)=C1CNC1. The summed E-state index contributed by atoms with van der Waals surface area (Å²) in [5.41, 5.74) is 3.79. The molecule has 0 aromatic heterocycles. The van der Waals surface area contributed by atoms with Crippen LogP contribution in [-0.2, 0) is 4.79 Å². The number of hydrogen-bond donors (Lipinski definition) is 2. The lowest BCUT2D eigenvalue weighted by Gasteiger charge is -2.22. The van der Waals surface area contributed by atoms with Crippen molar-refractivity contribution in [3.8, 4) is 0 Å². The minimum atomic E-state index is -0.0299. The number of carbonyl (C=O) groups is 1. The topological polar surface area (TPSA) is 44.4 Å². The Morgan fingerprint density at radius 2 is 2.05 bits per heavy atom. The number of carbonyl (C=O) groups excluding carboxylic acids is 1. The van der Waals surface area contributed by atoms with Crippen LogP contribution in [0.4, 0.5) is 11.4 Å². The molecule has 0 atom stereocenters. The number of nitrogens with zero attached hydrogens (tertiary/aromatic N) is 1. The van der Waals surface area contributed by atoms with Gasteiger partial charge in [0, 0.05) is 37.2 Å². The summed E-state index contributed by atoms with van der Waals surface area (Å²) in [6.45, 7) is 3.51. The molecule has 1 heterocycles. The third-order valence-corrected chi connectivity index (χ3v) is 3.73. The van der Waals surface area contributed by atoms with E-state index in [1.165, 1.54) is 5.57 Å². The van der Waals surface area contributed by atoms with Gasteiger partial charge in [-0.15, -0.1) is 0 Å². The molecule has 1 aliphatic rings. The minimum Gasteiger partial charge on any atom is -0.376 e. The lowest BCUT2D eigenvalue weighted by Crippen LogP contribution is -2.36. The van der Waals surface area contributed by atoms with Gasteiger partial charge in [0.1, 0.15) is 0 Å². The molecule has 1 aromatic carbocycles. The lowest BCUT2D eigenvalue weighted by molar-refractivity contribution is -0.112. The van der Waals surface area contributed by atoms with Crippen molar-refractivity contribution in [3.63, 3.8) is 0 Å². The molecule has 2 N–H and O–H groups in total. The molecule has 0 saturated carbocycles. The zero-order valence-electron chi connectivity index (χ0n) is 11.4. The fourth-order valence-electron chi connectivity index (χ4n) is 1.89. The first kappa shape index (κ1) is 14.1.